The van der Waals surface area contributed by atoms with Gasteiger partial charge in [-0.2, -0.15) is 0 Å². The summed E-state index contributed by atoms with van der Waals surface area (Å²) in [5.74, 6) is 2.34. The van der Waals surface area contributed by atoms with Crippen LogP contribution < -0.4 is 9.80 Å². The van der Waals surface area contributed by atoms with Crippen LogP contribution in [0.2, 0.25) is 0 Å². The molecule has 0 saturated carbocycles. The number of carbonyl (C=O) groups is 1. The number of anilines is 2. The molecule has 1 aliphatic heterocycles. The fourth-order valence-corrected chi connectivity index (χ4v) is 4.56. The van der Waals surface area contributed by atoms with Crippen molar-refractivity contribution in [1.29, 1.82) is 0 Å². The summed E-state index contributed by atoms with van der Waals surface area (Å²) in [7, 11) is 3.65. The minimum Gasteiger partial charge on any atom is -0.383 e. The van der Waals surface area contributed by atoms with Crippen LogP contribution in [-0.2, 0) is 16.1 Å². The van der Waals surface area contributed by atoms with Crippen LogP contribution in [0.5, 0.6) is 0 Å². The molecule has 0 N–H and O–H groups in total. The van der Waals surface area contributed by atoms with Crippen LogP contribution in [0.3, 0.4) is 0 Å². The zero-order chi connectivity index (χ0) is 28.1. The third kappa shape index (κ3) is 6.26. The normalized spacial score (nSPS) is 13.5. The first-order chi connectivity index (χ1) is 19.4. The number of likely N-dealkylation sites (N-methyl/N-ethyl adjacent to an activating group) is 1. The molecule has 0 bridgehead atoms. The fourth-order valence-electron chi connectivity index (χ4n) is 4.56. The third-order valence-corrected chi connectivity index (χ3v) is 6.99. The molecule has 1 aliphatic rings. The number of benzene rings is 2. The number of rotatable bonds is 9. The fraction of sp³-hybridized carbons (Fsp3) is 0.345. The summed E-state index contributed by atoms with van der Waals surface area (Å²) in [4.78, 5) is 33.0. The summed E-state index contributed by atoms with van der Waals surface area (Å²) < 4.78 is 20.3. The zero-order valence-corrected chi connectivity index (χ0v) is 23.0. The monoisotopic (exact) mass is 544 g/mol. The van der Waals surface area contributed by atoms with Gasteiger partial charge in [0.1, 0.15) is 30.3 Å². The minimum absolute atomic E-state index is 0.0359. The highest BCUT2D eigenvalue weighted by atomic mass is 19.1. The van der Waals surface area contributed by atoms with Gasteiger partial charge in [0.25, 0.3) is 0 Å². The van der Waals surface area contributed by atoms with Crippen LogP contribution in [0.25, 0.3) is 22.8 Å². The average Bonchev–Trinajstić information content (AvgIpc) is 3.40. The lowest BCUT2D eigenvalue weighted by Crippen LogP contribution is -2.50. The Hall–Kier alpha value is -4.38. The summed E-state index contributed by atoms with van der Waals surface area (Å²) in [5.41, 5.74) is 2.67. The van der Waals surface area contributed by atoms with Gasteiger partial charge in [-0.15, -0.1) is 5.10 Å². The van der Waals surface area contributed by atoms with E-state index in [-0.39, 0.29) is 18.3 Å². The molecule has 5 rings (SSSR count). The topological polar surface area (TPSA) is 92.5 Å². The molecule has 1 fully saturated rings. The van der Waals surface area contributed by atoms with E-state index < -0.39 is 0 Å². The molecule has 0 aliphatic carbocycles. The summed E-state index contributed by atoms with van der Waals surface area (Å²) in [6.45, 7) is 5.86. The molecule has 11 heteroatoms. The largest absolute Gasteiger partial charge is 0.383 e. The van der Waals surface area contributed by atoms with Gasteiger partial charge < -0.3 is 19.4 Å². The minimum atomic E-state index is -0.326. The highest BCUT2D eigenvalue weighted by Crippen LogP contribution is 2.24. The summed E-state index contributed by atoms with van der Waals surface area (Å²) in [6, 6.07) is 15.9. The van der Waals surface area contributed by atoms with E-state index in [9.17, 15) is 9.18 Å². The number of hydrogen-bond acceptors (Lipinski definition) is 8. The van der Waals surface area contributed by atoms with E-state index in [1.807, 2.05) is 54.1 Å². The first kappa shape index (κ1) is 27.2. The van der Waals surface area contributed by atoms with Gasteiger partial charge in [0.15, 0.2) is 11.6 Å². The molecule has 1 amide bonds. The van der Waals surface area contributed by atoms with Crippen molar-refractivity contribution in [3.8, 4) is 22.8 Å². The molecule has 3 heterocycles. The Labute approximate surface area is 233 Å². The van der Waals surface area contributed by atoms with Crippen molar-refractivity contribution in [2.24, 2.45) is 0 Å². The highest BCUT2D eigenvalue weighted by Gasteiger charge is 2.24. The maximum atomic E-state index is 13.5. The van der Waals surface area contributed by atoms with E-state index in [4.69, 9.17) is 9.72 Å². The Kier molecular flexibility index (Phi) is 8.30. The molecule has 0 spiro atoms. The van der Waals surface area contributed by atoms with E-state index in [1.165, 1.54) is 12.1 Å². The maximum absolute atomic E-state index is 13.5. The van der Waals surface area contributed by atoms with Crippen molar-refractivity contribution < 1.29 is 13.9 Å². The van der Waals surface area contributed by atoms with Crippen molar-refractivity contribution in [3.05, 3.63) is 72.3 Å². The first-order valence-corrected chi connectivity index (χ1v) is 13.2. The number of methoxy groups -OCH3 is 1. The lowest BCUT2D eigenvalue weighted by Gasteiger charge is -2.35. The molecule has 208 valence electrons. The van der Waals surface area contributed by atoms with Crippen molar-refractivity contribution in [2.45, 2.75) is 13.5 Å². The Balaban J connectivity index is 1.28. The van der Waals surface area contributed by atoms with Gasteiger partial charge in [-0.25, -0.2) is 24.0 Å². The Morgan fingerprint density at radius 2 is 1.70 bits per heavy atom. The molecule has 40 heavy (non-hydrogen) atoms. The van der Waals surface area contributed by atoms with E-state index in [0.717, 1.165) is 29.3 Å². The van der Waals surface area contributed by atoms with Gasteiger partial charge in [-0.1, -0.05) is 29.8 Å². The molecule has 1 saturated heterocycles. The number of amides is 1. The van der Waals surface area contributed by atoms with Crippen molar-refractivity contribution in [2.75, 3.05) is 63.3 Å². The molecule has 2 aromatic carbocycles. The number of aromatic nitrogens is 5. The lowest BCUT2D eigenvalue weighted by molar-refractivity contribution is -0.132. The molecule has 0 unspecified atom stereocenters. The Morgan fingerprint density at radius 3 is 2.40 bits per heavy atom. The Morgan fingerprint density at radius 1 is 1.00 bits per heavy atom. The van der Waals surface area contributed by atoms with Crippen LogP contribution in [0.15, 0.2) is 60.9 Å². The SMILES string of the molecule is COCCN(C)c1cc(N2CCN(C(=O)Cn3nc(-c4ccc(F)cc4)nc3-c3ccc(C)cc3)CC2)ncn1. The molecular formula is C29H33FN8O2. The molecule has 2 aromatic heterocycles. The van der Waals surface area contributed by atoms with Crippen LogP contribution >= 0.6 is 0 Å². The predicted molar refractivity (Wildman–Crippen MR) is 152 cm³/mol. The molecule has 4 aromatic rings. The second-order valence-corrected chi connectivity index (χ2v) is 9.81. The number of aryl methyl sites for hydroxylation is 1. The predicted octanol–water partition coefficient (Wildman–Crippen LogP) is 3.28. The first-order valence-electron chi connectivity index (χ1n) is 13.2. The third-order valence-electron chi connectivity index (χ3n) is 6.99. The molecule has 0 atom stereocenters. The second kappa shape index (κ2) is 12.2. The summed E-state index contributed by atoms with van der Waals surface area (Å²) in [5, 5.41) is 4.65. The standard InChI is InChI=1S/C29H33FN8O2/c1-21-4-6-23(7-5-21)29-33-28(22-8-10-24(30)11-9-22)34-38(29)19-27(39)37-14-12-36(13-15-37)26-18-25(31-20-32-26)35(2)16-17-40-3/h4-11,18,20H,12-17,19H2,1-3H3. The maximum Gasteiger partial charge on any atom is 0.244 e. The van der Waals surface area contributed by atoms with Gasteiger partial charge in [-0.3, -0.25) is 4.79 Å². The number of carbonyl (C=O) groups excluding carboxylic acids is 1. The molecular weight excluding hydrogens is 511 g/mol. The van der Waals surface area contributed by atoms with Crippen LogP contribution in [0.1, 0.15) is 5.56 Å². The number of halogens is 1. The number of nitrogens with zero attached hydrogens (tertiary/aromatic N) is 8. The van der Waals surface area contributed by atoms with Crippen LogP contribution in [0.4, 0.5) is 16.0 Å². The van der Waals surface area contributed by atoms with E-state index in [2.05, 4.69) is 20.0 Å². The van der Waals surface area contributed by atoms with Gasteiger partial charge in [0, 0.05) is 64.1 Å². The van der Waals surface area contributed by atoms with Crippen molar-refractivity contribution in [3.63, 3.8) is 0 Å². The van der Waals surface area contributed by atoms with E-state index in [0.29, 0.717) is 50.0 Å². The van der Waals surface area contributed by atoms with Gasteiger partial charge in [0.05, 0.1) is 6.61 Å². The number of hydrogen-bond donors (Lipinski definition) is 0. The molecule has 0 radical (unpaired) electrons. The molecule has 10 nitrogen and oxygen atoms in total. The summed E-state index contributed by atoms with van der Waals surface area (Å²) >= 11 is 0. The van der Waals surface area contributed by atoms with Gasteiger partial charge in [-0.05, 0) is 31.2 Å². The quantitative estimate of drug-likeness (QED) is 0.317. The average molecular weight is 545 g/mol. The van der Waals surface area contributed by atoms with Crippen molar-refractivity contribution >= 4 is 17.5 Å². The van der Waals surface area contributed by atoms with E-state index >= 15 is 0 Å². The lowest BCUT2D eigenvalue weighted by atomic mass is 10.1. The van der Waals surface area contributed by atoms with Crippen LogP contribution in [-0.4, -0.2) is 89.0 Å². The van der Waals surface area contributed by atoms with E-state index in [1.54, 1.807) is 30.3 Å². The van der Waals surface area contributed by atoms with Crippen LogP contribution in [0, 0.1) is 12.7 Å². The second-order valence-electron chi connectivity index (χ2n) is 9.81. The Bertz CT molecular complexity index is 1430. The van der Waals surface area contributed by atoms with Gasteiger partial charge >= 0.3 is 0 Å². The highest BCUT2D eigenvalue weighted by molar-refractivity contribution is 5.77. The smallest absolute Gasteiger partial charge is 0.244 e. The number of piperazine rings is 1. The summed E-state index contributed by atoms with van der Waals surface area (Å²) in [6.07, 6.45) is 1.57. The van der Waals surface area contributed by atoms with Crippen molar-refractivity contribution in [1.82, 2.24) is 29.6 Å². The zero-order valence-electron chi connectivity index (χ0n) is 23.0. The number of ether oxygens (including phenoxy) is 1. The van der Waals surface area contributed by atoms with Gasteiger partial charge in [0.2, 0.25) is 5.91 Å².